The molecular weight excluding hydrogens is 339 g/mol. The van der Waals surface area contributed by atoms with E-state index in [1.54, 1.807) is 24.3 Å². The minimum Gasteiger partial charge on any atom is -0.423 e. The number of rotatable bonds is 4. The predicted octanol–water partition coefficient (Wildman–Crippen LogP) is 5.40. The van der Waals surface area contributed by atoms with E-state index in [0.717, 1.165) is 24.0 Å². The highest BCUT2D eigenvalue weighted by Crippen LogP contribution is 2.14. The van der Waals surface area contributed by atoms with Crippen molar-refractivity contribution in [2.75, 3.05) is 0 Å². The molecule has 0 aliphatic carbocycles. The number of benzene rings is 3. The number of aryl methyl sites for hydroxylation is 1. The van der Waals surface area contributed by atoms with Crippen LogP contribution in [0, 0.1) is 17.7 Å². The number of ether oxygens (including phenoxy) is 1. The van der Waals surface area contributed by atoms with E-state index in [1.165, 1.54) is 29.8 Å². The van der Waals surface area contributed by atoms with Crippen LogP contribution in [0.3, 0.4) is 0 Å². The average molecular weight is 358 g/mol. The second kappa shape index (κ2) is 8.82. The molecule has 0 amide bonds. The Kier molecular flexibility index (Phi) is 6.02. The summed E-state index contributed by atoms with van der Waals surface area (Å²) in [6, 6.07) is 20.5. The maximum absolute atomic E-state index is 12.9. The summed E-state index contributed by atoms with van der Waals surface area (Å²) in [5, 5.41) is 0. The Bertz CT molecular complexity index is 960. The SMILES string of the molecule is CCCc1ccc(C#Cc2ccc(C(=O)Oc3ccc(F)cc3)cc2)cc1. The van der Waals surface area contributed by atoms with E-state index in [4.69, 9.17) is 4.74 Å². The lowest BCUT2D eigenvalue weighted by Crippen LogP contribution is -2.08. The summed E-state index contributed by atoms with van der Waals surface area (Å²) in [4.78, 5) is 12.1. The Labute approximate surface area is 158 Å². The van der Waals surface area contributed by atoms with E-state index in [9.17, 15) is 9.18 Å². The molecule has 3 aromatic rings. The third kappa shape index (κ3) is 5.29. The fourth-order valence-electron chi connectivity index (χ4n) is 2.55. The molecule has 0 aliphatic rings. The Balaban J connectivity index is 1.65. The molecule has 3 rings (SSSR count). The van der Waals surface area contributed by atoms with Gasteiger partial charge in [-0.3, -0.25) is 0 Å². The molecule has 0 N–H and O–H groups in total. The lowest BCUT2D eigenvalue weighted by atomic mass is 10.1. The van der Waals surface area contributed by atoms with Crippen molar-refractivity contribution < 1.29 is 13.9 Å². The summed E-state index contributed by atoms with van der Waals surface area (Å²) in [6.07, 6.45) is 2.20. The molecule has 0 unspecified atom stereocenters. The molecule has 0 saturated heterocycles. The predicted molar refractivity (Wildman–Crippen MR) is 104 cm³/mol. The van der Waals surface area contributed by atoms with Gasteiger partial charge in [-0.2, -0.15) is 0 Å². The van der Waals surface area contributed by atoms with Crippen LogP contribution < -0.4 is 4.74 Å². The quantitative estimate of drug-likeness (QED) is 0.355. The first-order valence-corrected chi connectivity index (χ1v) is 8.83. The smallest absolute Gasteiger partial charge is 0.343 e. The molecule has 3 heteroatoms. The van der Waals surface area contributed by atoms with Crippen molar-refractivity contribution in [2.45, 2.75) is 19.8 Å². The zero-order valence-electron chi connectivity index (χ0n) is 15.0. The summed E-state index contributed by atoms with van der Waals surface area (Å²) in [6.45, 7) is 2.16. The molecule has 27 heavy (non-hydrogen) atoms. The van der Waals surface area contributed by atoms with Crippen LogP contribution in [0.15, 0.2) is 72.8 Å². The maximum atomic E-state index is 12.9. The highest BCUT2D eigenvalue weighted by molar-refractivity contribution is 5.91. The molecule has 0 heterocycles. The number of esters is 1. The zero-order valence-corrected chi connectivity index (χ0v) is 15.0. The van der Waals surface area contributed by atoms with Crippen LogP contribution in [0.25, 0.3) is 0 Å². The van der Waals surface area contributed by atoms with Gasteiger partial charge in [0.25, 0.3) is 0 Å². The number of hydrogen-bond donors (Lipinski definition) is 0. The molecular formula is C24H19FO2. The molecule has 134 valence electrons. The number of carbonyl (C=O) groups is 1. The summed E-state index contributed by atoms with van der Waals surface area (Å²) in [5.41, 5.74) is 3.49. The fraction of sp³-hybridized carbons (Fsp3) is 0.125. The largest absolute Gasteiger partial charge is 0.423 e. The molecule has 0 atom stereocenters. The monoisotopic (exact) mass is 358 g/mol. The zero-order chi connectivity index (χ0) is 19.1. The van der Waals surface area contributed by atoms with Gasteiger partial charge in [-0.05, 0) is 72.6 Å². The van der Waals surface area contributed by atoms with Crippen LogP contribution in [0.2, 0.25) is 0 Å². The summed E-state index contributed by atoms with van der Waals surface area (Å²) >= 11 is 0. The topological polar surface area (TPSA) is 26.3 Å². The van der Waals surface area contributed by atoms with Gasteiger partial charge in [0.05, 0.1) is 5.56 Å². The minimum absolute atomic E-state index is 0.303. The van der Waals surface area contributed by atoms with Crippen LogP contribution >= 0.6 is 0 Å². The molecule has 0 aliphatic heterocycles. The molecule has 0 fully saturated rings. The van der Waals surface area contributed by atoms with Crippen molar-refractivity contribution in [1.82, 2.24) is 0 Å². The van der Waals surface area contributed by atoms with Crippen molar-refractivity contribution in [3.05, 3.63) is 101 Å². The van der Waals surface area contributed by atoms with Gasteiger partial charge in [0.15, 0.2) is 0 Å². The lowest BCUT2D eigenvalue weighted by Gasteiger charge is -2.04. The third-order valence-electron chi connectivity index (χ3n) is 3.99. The van der Waals surface area contributed by atoms with Crippen LogP contribution in [-0.4, -0.2) is 5.97 Å². The van der Waals surface area contributed by atoms with Crippen LogP contribution in [0.5, 0.6) is 5.75 Å². The van der Waals surface area contributed by atoms with Crippen molar-refractivity contribution in [3.63, 3.8) is 0 Å². The molecule has 0 bridgehead atoms. The third-order valence-corrected chi connectivity index (χ3v) is 3.99. The Morgan fingerprint density at radius 1 is 0.852 bits per heavy atom. The van der Waals surface area contributed by atoms with Gasteiger partial charge < -0.3 is 4.74 Å². The van der Waals surface area contributed by atoms with Crippen molar-refractivity contribution >= 4 is 5.97 Å². The normalized spacial score (nSPS) is 10.0. The molecule has 0 saturated carbocycles. The second-order valence-corrected chi connectivity index (χ2v) is 6.12. The molecule has 0 radical (unpaired) electrons. The maximum Gasteiger partial charge on any atom is 0.343 e. The van der Waals surface area contributed by atoms with Gasteiger partial charge in [0.2, 0.25) is 0 Å². The van der Waals surface area contributed by atoms with Crippen molar-refractivity contribution in [2.24, 2.45) is 0 Å². The van der Waals surface area contributed by atoms with Crippen molar-refractivity contribution in [1.29, 1.82) is 0 Å². The standard InChI is InChI=1S/C24H19FO2/c1-2-3-18-4-6-19(7-5-18)8-9-20-10-12-21(13-11-20)24(26)27-23-16-14-22(25)15-17-23/h4-7,10-17H,2-3H2,1H3. The highest BCUT2D eigenvalue weighted by Gasteiger charge is 2.08. The summed E-state index contributed by atoms with van der Waals surface area (Å²) < 4.78 is 18.1. The van der Waals surface area contributed by atoms with E-state index in [-0.39, 0.29) is 5.82 Å². The van der Waals surface area contributed by atoms with E-state index in [2.05, 4.69) is 30.9 Å². The first kappa shape index (κ1) is 18.4. The molecule has 2 nitrogen and oxygen atoms in total. The first-order valence-electron chi connectivity index (χ1n) is 8.83. The van der Waals surface area contributed by atoms with Crippen LogP contribution in [0.1, 0.15) is 40.4 Å². The van der Waals surface area contributed by atoms with Gasteiger partial charge in [-0.1, -0.05) is 37.3 Å². The Morgan fingerprint density at radius 2 is 1.41 bits per heavy atom. The molecule has 0 aromatic heterocycles. The van der Waals surface area contributed by atoms with Crippen molar-refractivity contribution in [3.8, 4) is 17.6 Å². The number of hydrogen-bond acceptors (Lipinski definition) is 2. The Morgan fingerprint density at radius 3 is 1.96 bits per heavy atom. The number of halogens is 1. The van der Waals surface area contributed by atoms with Crippen LogP contribution in [-0.2, 0) is 6.42 Å². The molecule has 0 spiro atoms. The van der Waals surface area contributed by atoms with Gasteiger partial charge in [0.1, 0.15) is 11.6 Å². The average Bonchev–Trinajstić information content (AvgIpc) is 2.70. The highest BCUT2D eigenvalue weighted by atomic mass is 19.1. The van der Waals surface area contributed by atoms with Gasteiger partial charge in [-0.25, -0.2) is 9.18 Å². The fourth-order valence-corrected chi connectivity index (χ4v) is 2.55. The van der Waals surface area contributed by atoms with E-state index in [1.807, 2.05) is 12.1 Å². The first-order chi connectivity index (χ1) is 13.1. The Hall–Kier alpha value is -3.38. The minimum atomic E-state index is -0.493. The van der Waals surface area contributed by atoms with Crippen LogP contribution in [0.4, 0.5) is 4.39 Å². The summed E-state index contributed by atoms with van der Waals surface area (Å²) in [7, 11) is 0. The van der Waals surface area contributed by atoms with Gasteiger partial charge in [0, 0.05) is 11.1 Å². The van der Waals surface area contributed by atoms with E-state index < -0.39 is 5.97 Å². The number of carbonyl (C=O) groups excluding carboxylic acids is 1. The second-order valence-electron chi connectivity index (χ2n) is 6.12. The van der Waals surface area contributed by atoms with Gasteiger partial charge in [-0.15, -0.1) is 0 Å². The lowest BCUT2D eigenvalue weighted by molar-refractivity contribution is 0.0734. The van der Waals surface area contributed by atoms with E-state index >= 15 is 0 Å². The molecule has 3 aromatic carbocycles. The van der Waals surface area contributed by atoms with E-state index in [0.29, 0.717) is 11.3 Å². The summed E-state index contributed by atoms with van der Waals surface area (Å²) in [5.74, 6) is 5.65. The van der Waals surface area contributed by atoms with Gasteiger partial charge >= 0.3 is 5.97 Å².